The maximum absolute atomic E-state index is 12.5. The number of carbonyl (C=O) groups is 2. The van der Waals surface area contributed by atoms with Gasteiger partial charge in [-0.25, -0.2) is 4.79 Å². The molecule has 0 spiro atoms. The van der Waals surface area contributed by atoms with Gasteiger partial charge >= 0.3 is 6.03 Å². The number of nitrogens with one attached hydrogen (secondary N) is 3. The average molecular weight is 329 g/mol. The third-order valence-corrected chi connectivity index (χ3v) is 5.21. The van der Waals surface area contributed by atoms with E-state index in [0.29, 0.717) is 18.0 Å². The van der Waals surface area contributed by atoms with Gasteiger partial charge in [0.15, 0.2) is 0 Å². The van der Waals surface area contributed by atoms with Gasteiger partial charge in [0.05, 0.1) is 0 Å². The van der Waals surface area contributed by atoms with Crippen LogP contribution in [-0.2, 0) is 6.42 Å². The smallest absolute Gasteiger partial charge is 0.319 e. The minimum Gasteiger partial charge on any atom is -0.352 e. The third kappa shape index (κ3) is 3.71. The summed E-state index contributed by atoms with van der Waals surface area (Å²) in [7, 11) is 0. The molecular weight excluding hydrogens is 302 g/mol. The molecule has 0 saturated heterocycles. The van der Waals surface area contributed by atoms with Gasteiger partial charge in [-0.3, -0.25) is 4.79 Å². The van der Waals surface area contributed by atoms with Gasteiger partial charge in [-0.05, 0) is 49.3 Å². The number of anilines is 1. The van der Waals surface area contributed by atoms with Crippen molar-refractivity contribution in [1.29, 1.82) is 0 Å². The van der Waals surface area contributed by atoms with Crippen LogP contribution in [0, 0.1) is 5.92 Å². The van der Waals surface area contributed by atoms with Crippen LogP contribution in [0.3, 0.4) is 0 Å². The van der Waals surface area contributed by atoms with E-state index in [-0.39, 0.29) is 18.0 Å². The quantitative estimate of drug-likeness (QED) is 0.792. The van der Waals surface area contributed by atoms with Crippen LogP contribution in [-0.4, -0.2) is 24.5 Å². The van der Waals surface area contributed by atoms with E-state index < -0.39 is 0 Å². The molecule has 5 heteroatoms. The van der Waals surface area contributed by atoms with Crippen molar-refractivity contribution >= 4 is 17.6 Å². The Morgan fingerprint density at radius 2 is 2.12 bits per heavy atom. The lowest BCUT2D eigenvalue weighted by molar-refractivity contribution is 0.0946. The van der Waals surface area contributed by atoms with E-state index in [1.165, 1.54) is 25.7 Å². The van der Waals surface area contributed by atoms with E-state index in [1.54, 1.807) is 0 Å². The van der Waals surface area contributed by atoms with Crippen molar-refractivity contribution in [3.8, 4) is 0 Å². The highest BCUT2D eigenvalue weighted by Gasteiger charge is 2.26. The fraction of sp³-hybridized carbons (Fsp3) is 0.579. The maximum atomic E-state index is 12.5. The number of hydrogen-bond donors (Lipinski definition) is 3. The second-order valence-electron chi connectivity index (χ2n) is 6.88. The van der Waals surface area contributed by atoms with Gasteiger partial charge in [0, 0.05) is 23.8 Å². The largest absolute Gasteiger partial charge is 0.352 e. The summed E-state index contributed by atoms with van der Waals surface area (Å²) in [6.45, 7) is 2.82. The second-order valence-corrected chi connectivity index (χ2v) is 6.88. The minimum absolute atomic E-state index is 0.0596. The number of fused-ring (bicyclic) bond motifs is 1. The Morgan fingerprint density at radius 3 is 2.96 bits per heavy atom. The lowest BCUT2D eigenvalue weighted by Gasteiger charge is -2.32. The molecule has 1 aromatic carbocycles. The molecule has 1 aromatic rings. The fourth-order valence-electron chi connectivity index (χ4n) is 4.02. The maximum Gasteiger partial charge on any atom is 0.319 e. The molecule has 24 heavy (non-hydrogen) atoms. The van der Waals surface area contributed by atoms with Gasteiger partial charge in [0.2, 0.25) is 0 Å². The molecule has 2 aliphatic rings. The van der Waals surface area contributed by atoms with Crippen LogP contribution in [0.4, 0.5) is 10.5 Å². The first-order valence-corrected chi connectivity index (χ1v) is 9.16. The van der Waals surface area contributed by atoms with E-state index in [4.69, 9.17) is 0 Å². The molecule has 1 heterocycles. The van der Waals surface area contributed by atoms with E-state index >= 15 is 0 Å². The van der Waals surface area contributed by atoms with Gasteiger partial charge in [0.1, 0.15) is 0 Å². The van der Waals surface area contributed by atoms with Crippen LogP contribution >= 0.6 is 0 Å². The Labute approximate surface area is 143 Å². The molecule has 2 unspecified atom stereocenters. The van der Waals surface area contributed by atoms with Crippen molar-refractivity contribution in [2.75, 3.05) is 11.9 Å². The molecule has 0 radical (unpaired) electrons. The monoisotopic (exact) mass is 329 g/mol. The number of urea groups is 1. The highest BCUT2D eigenvalue weighted by Crippen LogP contribution is 2.28. The summed E-state index contributed by atoms with van der Waals surface area (Å²) < 4.78 is 0. The van der Waals surface area contributed by atoms with Crippen LogP contribution in [0.25, 0.3) is 0 Å². The van der Waals surface area contributed by atoms with E-state index in [1.807, 2.05) is 18.2 Å². The molecule has 1 aliphatic carbocycles. The minimum atomic E-state index is -0.151. The van der Waals surface area contributed by atoms with Gasteiger partial charge in [0.25, 0.3) is 5.91 Å². The SMILES string of the molecule is CCCC1CCCCC1NC(=O)Nc1cccc2c1CCNC2=O. The summed E-state index contributed by atoms with van der Waals surface area (Å²) in [6, 6.07) is 5.62. The summed E-state index contributed by atoms with van der Waals surface area (Å²) in [5.41, 5.74) is 2.36. The lowest BCUT2D eigenvalue weighted by Crippen LogP contribution is -2.44. The number of carbonyl (C=O) groups excluding carboxylic acids is 2. The van der Waals surface area contributed by atoms with E-state index in [9.17, 15) is 9.59 Å². The zero-order valence-electron chi connectivity index (χ0n) is 14.4. The zero-order valence-corrected chi connectivity index (χ0v) is 14.4. The molecule has 2 atom stereocenters. The first-order chi connectivity index (χ1) is 11.7. The Balaban J connectivity index is 1.67. The average Bonchev–Trinajstić information content (AvgIpc) is 2.58. The molecule has 3 amide bonds. The standard InChI is InChI=1S/C19H27N3O2/c1-2-6-13-7-3-4-9-16(13)21-19(24)22-17-10-5-8-15-14(17)11-12-20-18(15)23/h5,8,10,13,16H,2-4,6-7,9,11-12H2,1H3,(H,20,23)(H2,21,22,24). The zero-order chi connectivity index (χ0) is 16.9. The van der Waals surface area contributed by atoms with Gasteiger partial charge < -0.3 is 16.0 Å². The van der Waals surface area contributed by atoms with Crippen molar-refractivity contribution in [2.45, 2.75) is 57.9 Å². The fourth-order valence-corrected chi connectivity index (χ4v) is 4.02. The third-order valence-electron chi connectivity index (χ3n) is 5.21. The highest BCUT2D eigenvalue weighted by molar-refractivity contribution is 6.00. The van der Waals surface area contributed by atoms with Crippen molar-refractivity contribution in [2.24, 2.45) is 5.92 Å². The number of hydrogen-bond acceptors (Lipinski definition) is 2. The van der Waals surface area contributed by atoms with E-state index in [2.05, 4.69) is 22.9 Å². The summed E-state index contributed by atoms with van der Waals surface area (Å²) in [6.07, 6.45) is 7.81. The summed E-state index contributed by atoms with van der Waals surface area (Å²) in [5, 5.41) is 8.98. The van der Waals surface area contributed by atoms with Crippen molar-refractivity contribution in [3.05, 3.63) is 29.3 Å². The molecule has 5 nitrogen and oxygen atoms in total. The highest BCUT2D eigenvalue weighted by atomic mass is 16.2. The molecule has 1 fully saturated rings. The van der Waals surface area contributed by atoms with Crippen molar-refractivity contribution < 1.29 is 9.59 Å². The lowest BCUT2D eigenvalue weighted by atomic mass is 9.82. The first-order valence-electron chi connectivity index (χ1n) is 9.16. The topological polar surface area (TPSA) is 70.2 Å². The number of amides is 3. The molecule has 1 aliphatic heterocycles. The molecule has 130 valence electrons. The molecule has 3 rings (SSSR count). The summed E-state index contributed by atoms with van der Waals surface area (Å²) in [4.78, 5) is 24.4. The second kappa shape index (κ2) is 7.69. The van der Waals surface area contributed by atoms with Crippen LogP contribution in [0.1, 0.15) is 61.4 Å². The van der Waals surface area contributed by atoms with Crippen molar-refractivity contribution in [3.63, 3.8) is 0 Å². The molecule has 1 saturated carbocycles. The van der Waals surface area contributed by atoms with Crippen molar-refractivity contribution in [1.82, 2.24) is 10.6 Å². The Hall–Kier alpha value is -2.04. The summed E-state index contributed by atoms with van der Waals surface area (Å²) in [5.74, 6) is 0.528. The molecule has 0 aromatic heterocycles. The Morgan fingerprint density at radius 1 is 1.29 bits per heavy atom. The van der Waals surface area contributed by atoms with Crippen LogP contribution in [0.15, 0.2) is 18.2 Å². The number of rotatable bonds is 4. The Kier molecular flexibility index (Phi) is 5.38. The predicted molar refractivity (Wildman–Crippen MR) is 95.3 cm³/mol. The summed E-state index contributed by atoms with van der Waals surface area (Å²) >= 11 is 0. The van der Waals surface area contributed by atoms with E-state index in [0.717, 1.165) is 30.5 Å². The van der Waals surface area contributed by atoms with Crippen LogP contribution in [0.5, 0.6) is 0 Å². The molecular formula is C19H27N3O2. The first kappa shape index (κ1) is 16.8. The van der Waals surface area contributed by atoms with Gasteiger partial charge in [-0.2, -0.15) is 0 Å². The molecule has 3 N–H and O–H groups in total. The molecule has 0 bridgehead atoms. The van der Waals surface area contributed by atoms with Gasteiger partial charge in [-0.1, -0.05) is 32.3 Å². The van der Waals surface area contributed by atoms with Gasteiger partial charge in [-0.15, -0.1) is 0 Å². The van der Waals surface area contributed by atoms with Crippen LogP contribution in [0.2, 0.25) is 0 Å². The predicted octanol–water partition coefficient (Wildman–Crippen LogP) is 3.45. The number of benzene rings is 1. The Bertz CT molecular complexity index is 613. The van der Waals surface area contributed by atoms with Crippen LogP contribution < -0.4 is 16.0 Å². The normalized spacial score (nSPS) is 23.1.